The highest BCUT2D eigenvalue weighted by Gasteiger charge is 2.14. The number of hydrogen-bond acceptors (Lipinski definition) is 5. The molecule has 0 aliphatic carbocycles. The predicted molar refractivity (Wildman–Crippen MR) is 74.6 cm³/mol. The predicted octanol–water partition coefficient (Wildman–Crippen LogP) is 2.52. The van der Waals surface area contributed by atoms with E-state index in [9.17, 15) is 4.79 Å². The Balaban J connectivity index is 2.64. The Labute approximate surface area is 119 Å². The monoisotopic (exact) mass is 363 g/mol. The summed E-state index contributed by atoms with van der Waals surface area (Å²) in [4.78, 5) is 15.2. The summed E-state index contributed by atoms with van der Waals surface area (Å²) in [6, 6.07) is 0. The molecule has 1 rings (SSSR count). The smallest absolute Gasteiger partial charge is 0.360 e. The van der Waals surface area contributed by atoms with Crippen molar-refractivity contribution in [1.82, 2.24) is 4.98 Å². The van der Waals surface area contributed by atoms with E-state index >= 15 is 0 Å². The van der Waals surface area contributed by atoms with E-state index in [2.05, 4.69) is 32.3 Å². The van der Waals surface area contributed by atoms with Gasteiger partial charge in [0.05, 0.1) is 19.6 Å². The lowest BCUT2D eigenvalue weighted by Gasteiger charge is -2.06. The number of aromatic nitrogens is 1. The first-order chi connectivity index (χ1) is 8.71. The molecular formula is C12H14INO4. The molecule has 18 heavy (non-hydrogen) atoms. The van der Waals surface area contributed by atoms with Crippen LogP contribution < -0.4 is 0 Å². The second-order valence-electron chi connectivity index (χ2n) is 3.30. The Morgan fingerprint density at radius 3 is 2.94 bits per heavy atom. The molecule has 0 N–H and O–H groups in total. The van der Waals surface area contributed by atoms with Crippen LogP contribution in [0, 0.1) is 0 Å². The fourth-order valence-electron chi connectivity index (χ4n) is 1.24. The number of carbonyl (C=O) groups excluding carboxylic acids is 1. The van der Waals surface area contributed by atoms with Crippen molar-refractivity contribution < 1.29 is 18.7 Å². The minimum Gasteiger partial charge on any atom is -0.464 e. The number of halogens is 1. The normalized spacial score (nSPS) is 13.3. The number of nitrogens with zero attached hydrogens (tertiary/aromatic N) is 1. The minimum absolute atomic E-state index is 0.151. The molecule has 0 fully saturated rings. The summed E-state index contributed by atoms with van der Waals surface area (Å²) < 4.78 is 16.9. The fraction of sp³-hybridized carbons (Fsp3) is 0.333. The van der Waals surface area contributed by atoms with Crippen molar-refractivity contribution in [3.8, 4) is 0 Å². The van der Waals surface area contributed by atoms with Crippen LogP contribution in [0.1, 0.15) is 16.4 Å². The van der Waals surface area contributed by atoms with Gasteiger partial charge in [-0.1, -0.05) is 40.8 Å². The SMILES string of the molecule is COC(=O)c1coc(C[C@@H](/C=C/C=C\I)OC)n1. The van der Waals surface area contributed by atoms with E-state index in [1.165, 1.54) is 13.4 Å². The van der Waals surface area contributed by atoms with E-state index in [1.807, 2.05) is 22.3 Å². The zero-order valence-corrected chi connectivity index (χ0v) is 12.3. The number of rotatable bonds is 6. The lowest BCUT2D eigenvalue weighted by molar-refractivity contribution is 0.0594. The molecule has 1 aromatic rings. The van der Waals surface area contributed by atoms with Gasteiger partial charge in [-0.3, -0.25) is 0 Å². The molecule has 0 amide bonds. The summed E-state index contributed by atoms with van der Waals surface area (Å²) in [6.07, 6.45) is 7.24. The van der Waals surface area contributed by atoms with Crippen LogP contribution in [0.5, 0.6) is 0 Å². The molecule has 0 saturated heterocycles. The first-order valence-corrected chi connectivity index (χ1v) is 6.45. The molecule has 5 nitrogen and oxygen atoms in total. The van der Waals surface area contributed by atoms with Gasteiger partial charge in [0.25, 0.3) is 0 Å². The molecule has 0 saturated carbocycles. The largest absolute Gasteiger partial charge is 0.464 e. The Bertz CT molecular complexity index is 439. The highest BCUT2D eigenvalue weighted by Crippen LogP contribution is 2.08. The summed E-state index contributed by atoms with van der Waals surface area (Å²) in [6.45, 7) is 0. The molecule has 0 aromatic carbocycles. The lowest BCUT2D eigenvalue weighted by atomic mass is 10.2. The first kappa shape index (κ1) is 14.9. The second kappa shape index (κ2) is 8.04. The van der Waals surface area contributed by atoms with Gasteiger partial charge in [-0.15, -0.1) is 0 Å². The average Bonchev–Trinajstić information content (AvgIpc) is 2.85. The van der Waals surface area contributed by atoms with E-state index in [0.29, 0.717) is 12.3 Å². The third-order valence-electron chi connectivity index (χ3n) is 2.13. The summed E-state index contributed by atoms with van der Waals surface area (Å²) in [5, 5.41) is 0. The van der Waals surface area contributed by atoms with Gasteiger partial charge < -0.3 is 13.9 Å². The molecule has 1 heterocycles. The van der Waals surface area contributed by atoms with Gasteiger partial charge in [0, 0.05) is 7.11 Å². The quantitative estimate of drug-likeness (QED) is 0.442. The molecule has 0 unspecified atom stereocenters. The van der Waals surface area contributed by atoms with E-state index in [4.69, 9.17) is 9.15 Å². The molecule has 0 aliphatic rings. The zero-order valence-electron chi connectivity index (χ0n) is 10.1. The van der Waals surface area contributed by atoms with Crippen molar-refractivity contribution in [2.45, 2.75) is 12.5 Å². The molecule has 98 valence electrons. The maximum absolute atomic E-state index is 11.2. The van der Waals surface area contributed by atoms with Crippen LogP contribution in [-0.2, 0) is 15.9 Å². The maximum Gasteiger partial charge on any atom is 0.360 e. The summed E-state index contributed by atoms with van der Waals surface area (Å²) in [7, 11) is 2.90. The number of carbonyl (C=O) groups is 1. The van der Waals surface area contributed by atoms with Crippen molar-refractivity contribution in [3.63, 3.8) is 0 Å². The molecule has 0 aliphatic heterocycles. The fourth-order valence-corrected chi connectivity index (χ4v) is 1.47. The number of oxazole rings is 1. The van der Waals surface area contributed by atoms with E-state index in [1.54, 1.807) is 7.11 Å². The van der Waals surface area contributed by atoms with Crippen molar-refractivity contribution >= 4 is 28.6 Å². The molecule has 1 aromatic heterocycles. The lowest BCUT2D eigenvalue weighted by Crippen LogP contribution is -2.11. The summed E-state index contributed by atoms with van der Waals surface area (Å²) in [5.74, 6) is -0.0762. The van der Waals surface area contributed by atoms with Crippen molar-refractivity contribution in [2.24, 2.45) is 0 Å². The average molecular weight is 363 g/mol. The van der Waals surface area contributed by atoms with Crippen molar-refractivity contribution in [3.05, 3.63) is 40.2 Å². The highest BCUT2D eigenvalue weighted by atomic mass is 127. The van der Waals surface area contributed by atoms with Gasteiger partial charge >= 0.3 is 5.97 Å². The van der Waals surface area contributed by atoms with Gasteiger partial charge in [0.2, 0.25) is 0 Å². The number of methoxy groups -OCH3 is 2. The van der Waals surface area contributed by atoms with Crippen molar-refractivity contribution in [1.29, 1.82) is 0 Å². The number of hydrogen-bond donors (Lipinski definition) is 0. The van der Waals surface area contributed by atoms with Crippen LogP contribution in [0.3, 0.4) is 0 Å². The Morgan fingerprint density at radius 2 is 2.33 bits per heavy atom. The third kappa shape index (κ3) is 4.61. The maximum atomic E-state index is 11.2. The van der Waals surface area contributed by atoms with Gasteiger partial charge in [0.15, 0.2) is 11.6 Å². The standard InChI is InChI=1S/C12H14INO4/c1-16-9(5-3-4-6-13)7-11-14-10(8-18-11)12(15)17-2/h3-6,8-9H,7H2,1-2H3/b5-3+,6-4-/t9-/m1/s1. The number of allylic oxidation sites excluding steroid dienone is 2. The Morgan fingerprint density at radius 1 is 1.56 bits per heavy atom. The molecule has 0 bridgehead atoms. The summed E-state index contributed by atoms with van der Waals surface area (Å²) in [5.41, 5.74) is 0.165. The third-order valence-corrected chi connectivity index (χ3v) is 2.55. The number of esters is 1. The van der Waals surface area contributed by atoms with Crippen LogP contribution in [0.2, 0.25) is 0 Å². The molecule has 0 radical (unpaired) electrons. The van der Waals surface area contributed by atoms with Crippen LogP contribution >= 0.6 is 22.6 Å². The van der Waals surface area contributed by atoms with Crippen LogP contribution in [0.4, 0.5) is 0 Å². The van der Waals surface area contributed by atoms with E-state index in [0.717, 1.165) is 0 Å². The molecule has 6 heteroatoms. The Kier molecular flexibility index (Phi) is 6.66. The van der Waals surface area contributed by atoms with E-state index < -0.39 is 5.97 Å². The minimum atomic E-state index is -0.512. The second-order valence-corrected chi connectivity index (χ2v) is 4.02. The molecule has 0 spiro atoms. The number of ether oxygens (including phenoxy) is 2. The molecular weight excluding hydrogens is 349 g/mol. The highest BCUT2D eigenvalue weighted by molar-refractivity contribution is 14.1. The Hall–Kier alpha value is -1.15. The summed E-state index contributed by atoms with van der Waals surface area (Å²) >= 11 is 2.13. The van der Waals surface area contributed by atoms with Crippen LogP contribution in [0.25, 0.3) is 0 Å². The molecule has 1 atom stereocenters. The van der Waals surface area contributed by atoms with Gasteiger partial charge in [-0.25, -0.2) is 9.78 Å². The first-order valence-electron chi connectivity index (χ1n) is 5.20. The van der Waals surface area contributed by atoms with E-state index in [-0.39, 0.29) is 11.8 Å². The van der Waals surface area contributed by atoms with Crippen molar-refractivity contribution in [2.75, 3.05) is 14.2 Å². The van der Waals surface area contributed by atoms with Gasteiger partial charge in [0.1, 0.15) is 6.26 Å². The zero-order chi connectivity index (χ0) is 13.4. The van der Waals surface area contributed by atoms with Gasteiger partial charge in [-0.05, 0) is 4.08 Å². The topological polar surface area (TPSA) is 61.6 Å². The van der Waals surface area contributed by atoms with Gasteiger partial charge in [-0.2, -0.15) is 0 Å². The van der Waals surface area contributed by atoms with Crippen LogP contribution in [0.15, 0.2) is 33.0 Å². The van der Waals surface area contributed by atoms with Crippen LogP contribution in [-0.4, -0.2) is 31.3 Å².